The van der Waals surface area contributed by atoms with E-state index in [1.807, 2.05) is 0 Å². The van der Waals surface area contributed by atoms with Crippen LogP contribution in [-0.2, 0) is 4.79 Å². The minimum atomic E-state index is 0.400. The van der Waals surface area contributed by atoms with Gasteiger partial charge in [-0.05, 0) is 25.2 Å². The second kappa shape index (κ2) is 2.71. The van der Waals surface area contributed by atoms with Crippen LogP contribution in [0.5, 0.6) is 0 Å². The summed E-state index contributed by atoms with van der Waals surface area (Å²) in [6, 6.07) is 0.599. The van der Waals surface area contributed by atoms with Gasteiger partial charge in [0, 0.05) is 31.6 Å². The molecule has 2 bridgehead atoms. The summed E-state index contributed by atoms with van der Waals surface area (Å²) in [5.74, 6) is 1.57. The van der Waals surface area contributed by atoms with Crippen LogP contribution in [0.1, 0.15) is 19.3 Å². The summed E-state index contributed by atoms with van der Waals surface area (Å²) in [5.41, 5.74) is 0. The lowest BCUT2D eigenvalue weighted by Gasteiger charge is -2.31. The fourth-order valence-corrected chi connectivity index (χ4v) is 2.60. The highest BCUT2D eigenvalue weighted by Crippen LogP contribution is 2.33. The van der Waals surface area contributed by atoms with Crippen molar-refractivity contribution < 1.29 is 4.79 Å². The maximum atomic E-state index is 11.8. The van der Waals surface area contributed by atoms with E-state index >= 15 is 0 Å². The van der Waals surface area contributed by atoms with Gasteiger partial charge in [0.25, 0.3) is 0 Å². The molecular formula is C10H16N2O. The van der Waals surface area contributed by atoms with Crippen molar-refractivity contribution in [3.63, 3.8) is 0 Å². The lowest BCUT2D eigenvalue weighted by atomic mass is 10.00. The predicted molar refractivity (Wildman–Crippen MR) is 49.2 cm³/mol. The third kappa shape index (κ3) is 1.35. The fourth-order valence-electron chi connectivity index (χ4n) is 2.60. The Morgan fingerprint density at radius 2 is 2.15 bits per heavy atom. The van der Waals surface area contributed by atoms with E-state index in [-0.39, 0.29) is 0 Å². The first-order chi connectivity index (χ1) is 6.33. The molecule has 1 amide bonds. The molecule has 2 atom stereocenters. The third-order valence-electron chi connectivity index (χ3n) is 3.47. The molecule has 1 aliphatic carbocycles. The van der Waals surface area contributed by atoms with Gasteiger partial charge in [-0.3, -0.25) is 4.79 Å². The Kier molecular flexibility index (Phi) is 1.62. The van der Waals surface area contributed by atoms with E-state index in [9.17, 15) is 4.79 Å². The maximum Gasteiger partial charge on any atom is 0.225 e. The maximum absolute atomic E-state index is 11.8. The summed E-state index contributed by atoms with van der Waals surface area (Å²) in [4.78, 5) is 13.9. The molecule has 1 saturated carbocycles. The van der Waals surface area contributed by atoms with Crippen molar-refractivity contribution in [3.8, 4) is 0 Å². The fraction of sp³-hybridized carbons (Fsp3) is 0.900. The number of amides is 1. The standard InChI is InChI=1S/C10H16N2O/c13-10(8-1-2-8)12-5-7-3-9(6-12)11-4-7/h7-9,11H,1-6H2/t7-,9+/m0/s1. The van der Waals surface area contributed by atoms with E-state index in [4.69, 9.17) is 0 Å². The summed E-state index contributed by atoms with van der Waals surface area (Å²) < 4.78 is 0. The summed E-state index contributed by atoms with van der Waals surface area (Å²) in [6.45, 7) is 3.10. The van der Waals surface area contributed by atoms with E-state index in [1.165, 1.54) is 6.42 Å². The lowest BCUT2D eigenvalue weighted by Crippen LogP contribution is -2.45. The first-order valence-corrected chi connectivity index (χ1v) is 5.35. The lowest BCUT2D eigenvalue weighted by molar-refractivity contribution is -0.134. The van der Waals surface area contributed by atoms with Gasteiger partial charge < -0.3 is 10.2 Å². The Morgan fingerprint density at radius 3 is 2.85 bits per heavy atom. The first kappa shape index (κ1) is 7.80. The Hall–Kier alpha value is -0.570. The van der Waals surface area contributed by atoms with Gasteiger partial charge in [-0.25, -0.2) is 0 Å². The largest absolute Gasteiger partial charge is 0.341 e. The quantitative estimate of drug-likeness (QED) is 0.626. The molecule has 2 saturated heterocycles. The smallest absolute Gasteiger partial charge is 0.225 e. The van der Waals surface area contributed by atoms with E-state index < -0.39 is 0 Å². The number of nitrogens with zero attached hydrogens (tertiary/aromatic N) is 1. The number of rotatable bonds is 1. The van der Waals surface area contributed by atoms with E-state index in [2.05, 4.69) is 10.2 Å². The topological polar surface area (TPSA) is 32.3 Å². The average Bonchev–Trinajstić information content (AvgIpc) is 2.92. The summed E-state index contributed by atoms with van der Waals surface area (Å²) in [7, 11) is 0. The van der Waals surface area contributed by atoms with E-state index in [1.54, 1.807) is 0 Å². The van der Waals surface area contributed by atoms with Crippen molar-refractivity contribution in [1.29, 1.82) is 0 Å². The number of hydrogen-bond donors (Lipinski definition) is 1. The highest BCUT2D eigenvalue weighted by Gasteiger charge is 2.39. The molecule has 1 N–H and O–H groups in total. The molecule has 3 nitrogen and oxygen atoms in total. The van der Waals surface area contributed by atoms with Gasteiger partial charge in [-0.2, -0.15) is 0 Å². The molecule has 3 heteroatoms. The van der Waals surface area contributed by atoms with Crippen LogP contribution in [0.4, 0.5) is 0 Å². The van der Waals surface area contributed by atoms with Crippen molar-refractivity contribution in [2.45, 2.75) is 25.3 Å². The normalized spacial score (nSPS) is 38.0. The van der Waals surface area contributed by atoms with Crippen LogP contribution in [0, 0.1) is 11.8 Å². The van der Waals surface area contributed by atoms with Crippen LogP contribution in [0.3, 0.4) is 0 Å². The van der Waals surface area contributed by atoms with Gasteiger partial charge in [0.2, 0.25) is 5.91 Å². The van der Waals surface area contributed by atoms with Gasteiger partial charge in [0.15, 0.2) is 0 Å². The molecule has 0 radical (unpaired) electrons. The van der Waals surface area contributed by atoms with E-state index in [0.717, 1.165) is 38.4 Å². The molecule has 2 aliphatic heterocycles. The molecular weight excluding hydrogens is 164 g/mol. The zero-order valence-corrected chi connectivity index (χ0v) is 7.83. The van der Waals surface area contributed by atoms with Crippen LogP contribution < -0.4 is 5.32 Å². The second-order valence-electron chi connectivity index (χ2n) is 4.72. The van der Waals surface area contributed by atoms with Crippen LogP contribution in [-0.4, -0.2) is 36.5 Å². The molecule has 0 unspecified atom stereocenters. The second-order valence-corrected chi connectivity index (χ2v) is 4.72. The number of piperidine rings is 1. The van der Waals surface area contributed by atoms with Crippen molar-refractivity contribution >= 4 is 5.91 Å². The number of likely N-dealkylation sites (tertiary alicyclic amines) is 1. The van der Waals surface area contributed by atoms with Crippen LogP contribution in [0.25, 0.3) is 0 Å². The van der Waals surface area contributed by atoms with Crippen molar-refractivity contribution in [3.05, 3.63) is 0 Å². The highest BCUT2D eigenvalue weighted by molar-refractivity contribution is 5.81. The van der Waals surface area contributed by atoms with Crippen molar-refractivity contribution in [2.24, 2.45) is 11.8 Å². The zero-order chi connectivity index (χ0) is 8.84. The summed E-state index contributed by atoms with van der Waals surface area (Å²) in [5, 5.41) is 3.47. The number of carbonyl (C=O) groups is 1. The summed E-state index contributed by atoms with van der Waals surface area (Å²) in [6.07, 6.45) is 3.56. The number of fused-ring (bicyclic) bond motifs is 2. The zero-order valence-electron chi connectivity index (χ0n) is 7.83. The van der Waals surface area contributed by atoms with Gasteiger partial charge in [0.05, 0.1) is 0 Å². The van der Waals surface area contributed by atoms with Crippen LogP contribution in [0.15, 0.2) is 0 Å². The molecule has 0 aromatic rings. The first-order valence-electron chi connectivity index (χ1n) is 5.35. The molecule has 13 heavy (non-hydrogen) atoms. The average molecular weight is 180 g/mol. The number of nitrogens with one attached hydrogen (secondary N) is 1. The Morgan fingerprint density at radius 1 is 1.31 bits per heavy atom. The minimum absolute atomic E-state index is 0.400. The van der Waals surface area contributed by atoms with Crippen LogP contribution >= 0.6 is 0 Å². The van der Waals surface area contributed by atoms with E-state index in [0.29, 0.717) is 17.9 Å². The highest BCUT2D eigenvalue weighted by atomic mass is 16.2. The molecule has 0 aromatic heterocycles. The van der Waals surface area contributed by atoms with Gasteiger partial charge in [0.1, 0.15) is 0 Å². The molecule has 0 spiro atoms. The predicted octanol–water partition coefficient (Wildman–Crippen LogP) is 0.217. The number of carbonyl (C=O) groups excluding carboxylic acids is 1. The SMILES string of the molecule is O=C(C1CC1)N1C[C@@H]2CN[C@H](C2)C1. The Balaban J connectivity index is 1.68. The van der Waals surface area contributed by atoms with Crippen molar-refractivity contribution in [2.75, 3.05) is 19.6 Å². The Bertz CT molecular complexity index is 225. The molecule has 3 aliphatic rings. The summed E-state index contributed by atoms with van der Waals surface area (Å²) >= 11 is 0. The molecule has 3 fully saturated rings. The Labute approximate surface area is 78.5 Å². The van der Waals surface area contributed by atoms with Crippen LogP contribution in [0.2, 0.25) is 0 Å². The third-order valence-corrected chi connectivity index (χ3v) is 3.47. The monoisotopic (exact) mass is 180 g/mol. The van der Waals surface area contributed by atoms with Crippen molar-refractivity contribution in [1.82, 2.24) is 10.2 Å². The van der Waals surface area contributed by atoms with Gasteiger partial charge in [-0.1, -0.05) is 0 Å². The molecule has 72 valence electrons. The molecule has 0 aromatic carbocycles. The number of hydrogen-bond acceptors (Lipinski definition) is 2. The molecule has 3 rings (SSSR count). The minimum Gasteiger partial charge on any atom is -0.341 e. The molecule has 2 heterocycles. The van der Waals surface area contributed by atoms with Gasteiger partial charge in [-0.15, -0.1) is 0 Å². The van der Waals surface area contributed by atoms with Gasteiger partial charge >= 0.3 is 0 Å².